The number of nitrogens with one attached hydrogen (secondary N) is 1. The van der Waals surface area contributed by atoms with Crippen LogP contribution < -0.4 is 5.43 Å². The maximum Gasteiger partial charge on any atom is 0.377 e. The largest absolute Gasteiger partial charge is 0.377 e. The lowest BCUT2D eigenvalue weighted by atomic mass is 10.3. The Bertz CT molecular complexity index is 478. The smallest absolute Gasteiger partial charge is 0.307 e. The molecular weight excluding hydrogens is 330 g/mol. The molecule has 0 amide bonds. The van der Waals surface area contributed by atoms with E-state index in [4.69, 9.17) is 18.1 Å². The van der Waals surface area contributed by atoms with Crippen molar-refractivity contribution in [3.05, 3.63) is 0 Å². The summed E-state index contributed by atoms with van der Waals surface area (Å²) in [6.07, 6.45) is 0.0988. The van der Waals surface area contributed by atoms with Crippen molar-refractivity contribution in [2.24, 2.45) is 5.10 Å². The molecule has 1 N–H and O–H groups in total. The van der Waals surface area contributed by atoms with Gasteiger partial charge in [0.2, 0.25) is 0 Å². The molecule has 0 bridgehead atoms. The van der Waals surface area contributed by atoms with Gasteiger partial charge in [-0.1, -0.05) is 0 Å². The summed E-state index contributed by atoms with van der Waals surface area (Å²) in [6.45, 7) is 9.49. The first-order valence-electron chi connectivity index (χ1n) is 7.43. The minimum Gasteiger partial charge on any atom is -0.307 e. The molecular formula is C12H26N2O6P2. The quantitative estimate of drug-likeness (QED) is 0.598. The average molecular weight is 356 g/mol. The Morgan fingerprint density at radius 2 is 1.45 bits per heavy atom. The van der Waals surface area contributed by atoms with Gasteiger partial charge in [-0.3, -0.25) is 14.6 Å². The molecule has 130 valence electrons. The van der Waals surface area contributed by atoms with Gasteiger partial charge in [-0.2, -0.15) is 5.10 Å². The minimum atomic E-state index is -3.50. The summed E-state index contributed by atoms with van der Waals surface area (Å²) in [5, 5.41) is 2.95. The summed E-state index contributed by atoms with van der Waals surface area (Å²) >= 11 is 0. The van der Waals surface area contributed by atoms with Crippen LogP contribution in [0.2, 0.25) is 0 Å². The molecule has 1 aliphatic rings. The van der Waals surface area contributed by atoms with E-state index in [0.29, 0.717) is 0 Å². The topological polar surface area (TPSA) is 95.5 Å². The van der Waals surface area contributed by atoms with Crippen LogP contribution in [0, 0.1) is 0 Å². The van der Waals surface area contributed by atoms with E-state index in [1.807, 2.05) is 0 Å². The second-order valence-electron chi connectivity index (χ2n) is 4.76. The van der Waals surface area contributed by atoms with E-state index in [-0.39, 0.29) is 38.3 Å². The maximum atomic E-state index is 13.0. The molecule has 0 aromatic carbocycles. The van der Waals surface area contributed by atoms with Crippen LogP contribution in [-0.4, -0.2) is 37.2 Å². The molecule has 0 fully saturated rings. The van der Waals surface area contributed by atoms with Crippen molar-refractivity contribution < 1.29 is 27.2 Å². The fourth-order valence-corrected chi connectivity index (χ4v) is 5.78. The third-order valence-corrected chi connectivity index (χ3v) is 7.79. The van der Waals surface area contributed by atoms with E-state index in [2.05, 4.69) is 10.5 Å². The Labute approximate surface area is 132 Å². The van der Waals surface area contributed by atoms with E-state index < -0.39 is 20.5 Å². The van der Waals surface area contributed by atoms with Crippen LogP contribution in [0.15, 0.2) is 5.10 Å². The molecule has 1 rings (SSSR count). The van der Waals surface area contributed by atoms with Gasteiger partial charge in [0.15, 0.2) is 10.7 Å². The van der Waals surface area contributed by atoms with Crippen molar-refractivity contribution in [1.29, 1.82) is 0 Å². The second-order valence-corrected chi connectivity index (χ2v) is 9.28. The summed E-state index contributed by atoms with van der Waals surface area (Å²) < 4.78 is 47.0. The predicted octanol–water partition coefficient (Wildman–Crippen LogP) is 3.54. The first kappa shape index (κ1) is 19.8. The standard InChI is InChI=1S/C12H26N2O6P2/c1-6-17-21(15,18-7-2)11-10-12(5,14-13-11)22(16,19-8-3)20-9-4/h14H,6-10H2,1-5H3. The molecule has 1 heterocycles. The first-order chi connectivity index (χ1) is 10.3. The van der Waals surface area contributed by atoms with Gasteiger partial charge >= 0.3 is 15.2 Å². The van der Waals surface area contributed by atoms with Gasteiger partial charge in [-0.05, 0) is 34.6 Å². The molecule has 22 heavy (non-hydrogen) atoms. The molecule has 0 spiro atoms. The van der Waals surface area contributed by atoms with Gasteiger partial charge in [0.05, 0.1) is 26.4 Å². The number of hydrazone groups is 1. The fourth-order valence-electron chi connectivity index (χ4n) is 2.08. The molecule has 1 aliphatic heterocycles. The monoisotopic (exact) mass is 356 g/mol. The molecule has 0 aliphatic carbocycles. The van der Waals surface area contributed by atoms with Crippen molar-refractivity contribution in [2.45, 2.75) is 46.3 Å². The zero-order valence-corrected chi connectivity index (χ0v) is 15.6. The highest BCUT2D eigenvalue weighted by Gasteiger charge is 2.54. The van der Waals surface area contributed by atoms with Gasteiger partial charge in [-0.15, -0.1) is 0 Å². The predicted molar refractivity (Wildman–Crippen MR) is 85.3 cm³/mol. The zero-order valence-electron chi connectivity index (χ0n) is 13.8. The summed E-state index contributed by atoms with van der Waals surface area (Å²) in [4.78, 5) is 0. The third kappa shape index (κ3) is 3.99. The minimum absolute atomic E-state index is 0.0988. The van der Waals surface area contributed by atoms with Crippen LogP contribution in [0.1, 0.15) is 41.0 Å². The highest BCUT2D eigenvalue weighted by Crippen LogP contribution is 2.64. The van der Waals surface area contributed by atoms with Crippen LogP contribution in [0.25, 0.3) is 0 Å². The summed E-state index contributed by atoms with van der Waals surface area (Å²) in [6, 6.07) is 0. The lowest BCUT2D eigenvalue weighted by Gasteiger charge is -2.32. The summed E-state index contributed by atoms with van der Waals surface area (Å²) in [7, 11) is -6.98. The molecule has 0 aromatic heterocycles. The van der Waals surface area contributed by atoms with E-state index in [1.165, 1.54) is 0 Å². The second kappa shape index (κ2) is 8.04. The molecule has 10 heteroatoms. The Morgan fingerprint density at radius 3 is 1.86 bits per heavy atom. The lowest BCUT2D eigenvalue weighted by molar-refractivity contribution is 0.193. The Hall–Kier alpha value is -0.230. The Kier molecular flexibility index (Phi) is 7.24. The van der Waals surface area contributed by atoms with Gasteiger partial charge in [0.25, 0.3) is 0 Å². The van der Waals surface area contributed by atoms with Crippen LogP contribution >= 0.6 is 15.2 Å². The average Bonchev–Trinajstić information content (AvgIpc) is 2.85. The number of hydrogen-bond acceptors (Lipinski definition) is 8. The molecule has 8 nitrogen and oxygen atoms in total. The molecule has 0 saturated carbocycles. The Balaban J connectivity index is 3.01. The van der Waals surface area contributed by atoms with Crippen LogP contribution in [0.5, 0.6) is 0 Å². The highest BCUT2D eigenvalue weighted by atomic mass is 31.2. The highest BCUT2D eigenvalue weighted by molar-refractivity contribution is 7.72. The number of nitrogens with zero attached hydrogens (tertiary/aromatic N) is 1. The summed E-state index contributed by atoms with van der Waals surface area (Å²) in [5.41, 5.74) is 2.97. The fraction of sp³-hybridized carbons (Fsp3) is 0.917. The third-order valence-electron chi connectivity index (χ3n) is 3.04. The molecule has 0 aromatic rings. The van der Waals surface area contributed by atoms with Crippen molar-refractivity contribution in [3.63, 3.8) is 0 Å². The van der Waals surface area contributed by atoms with E-state index >= 15 is 0 Å². The van der Waals surface area contributed by atoms with E-state index in [0.717, 1.165) is 0 Å². The summed E-state index contributed by atoms with van der Waals surface area (Å²) in [5.74, 6) is 0. The maximum absolute atomic E-state index is 13.0. The number of hydrogen-bond donors (Lipinski definition) is 1. The van der Waals surface area contributed by atoms with Crippen molar-refractivity contribution in [1.82, 2.24) is 5.43 Å². The van der Waals surface area contributed by atoms with Gasteiger partial charge in [0.1, 0.15) is 0 Å². The lowest BCUT2D eigenvalue weighted by Crippen LogP contribution is -2.37. The van der Waals surface area contributed by atoms with Crippen LogP contribution in [-0.2, 0) is 27.2 Å². The molecule has 0 radical (unpaired) electrons. The zero-order chi connectivity index (χ0) is 16.9. The van der Waals surface area contributed by atoms with Crippen LogP contribution in [0.3, 0.4) is 0 Å². The number of rotatable bonds is 10. The van der Waals surface area contributed by atoms with E-state index in [9.17, 15) is 9.13 Å². The molecule has 1 atom stereocenters. The van der Waals surface area contributed by atoms with E-state index in [1.54, 1.807) is 34.6 Å². The Morgan fingerprint density at radius 1 is 1.00 bits per heavy atom. The normalized spacial score (nSPS) is 22.5. The van der Waals surface area contributed by atoms with Gasteiger partial charge in [0, 0.05) is 6.42 Å². The molecule has 1 unspecified atom stereocenters. The van der Waals surface area contributed by atoms with Gasteiger partial charge < -0.3 is 18.1 Å². The van der Waals surface area contributed by atoms with Crippen molar-refractivity contribution in [2.75, 3.05) is 26.4 Å². The van der Waals surface area contributed by atoms with Crippen molar-refractivity contribution >= 4 is 20.6 Å². The SMILES string of the molecule is CCOP(=O)(OCC)C1=NNC(C)(P(=O)(OCC)OCC)C1. The van der Waals surface area contributed by atoms with Crippen LogP contribution in [0.4, 0.5) is 0 Å². The van der Waals surface area contributed by atoms with Crippen molar-refractivity contribution in [3.8, 4) is 0 Å². The van der Waals surface area contributed by atoms with Gasteiger partial charge in [-0.25, -0.2) is 0 Å². The molecule has 0 saturated heterocycles. The first-order valence-corrected chi connectivity index (χ1v) is 10.5.